The van der Waals surface area contributed by atoms with Gasteiger partial charge in [-0.2, -0.15) is 0 Å². The first-order valence-corrected chi connectivity index (χ1v) is 5.56. The quantitative estimate of drug-likeness (QED) is 0.718. The highest BCUT2D eigenvalue weighted by molar-refractivity contribution is 5.80. The number of nitrogens with one attached hydrogen (secondary N) is 2. The van der Waals surface area contributed by atoms with Crippen LogP contribution < -0.4 is 10.6 Å². The summed E-state index contributed by atoms with van der Waals surface area (Å²) in [6, 6.07) is 0. The number of aryl methyl sites for hydroxylation is 1. The van der Waals surface area contributed by atoms with E-state index in [1.54, 1.807) is 12.4 Å². The van der Waals surface area contributed by atoms with E-state index in [1.165, 1.54) is 0 Å². The van der Waals surface area contributed by atoms with Crippen molar-refractivity contribution in [2.75, 3.05) is 18.4 Å². The molecule has 0 aliphatic heterocycles. The van der Waals surface area contributed by atoms with Gasteiger partial charge in [0.2, 0.25) is 11.9 Å². The fourth-order valence-corrected chi connectivity index (χ4v) is 1.33. The zero-order valence-electron chi connectivity index (χ0n) is 9.36. The molecule has 0 unspecified atom stereocenters. The summed E-state index contributed by atoms with van der Waals surface area (Å²) in [5.41, 5.74) is 1.03. The molecule has 1 amide bonds. The van der Waals surface area contributed by atoms with Gasteiger partial charge in [-0.3, -0.25) is 4.79 Å². The molecule has 0 saturated heterocycles. The van der Waals surface area contributed by atoms with Crippen LogP contribution in [-0.2, 0) is 4.79 Å². The van der Waals surface area contributed by atoms with E-state index < -0.39 is 0 Å². The number of amides is 1. The molecule has 0 radical (unpaired) electrons. The van der Waals surface area contributed by atoms with Crippen molar-refractivity contribution >= 4 is 11.9 Å². The van der Waals surface area contributed by atoms with Crippen molar-refractivity contribution in [3.8, 4) is 0 Å². The lowest BCUT2D eigenvalue weighted by Crippen LogP contribution is -2.30. The lowest BCUT2D eigenvalue weighted by atomic mass is 10.4. The highest BCUT2D eigenvalue weighted by atomic mass is 16.2. The first kappa shape index (κ1) is 10.9. The van der Waals surface area contributed by atoms with Gasteiger partial charge in [-0.15, -0.1) is 0 Å². The highest BCUT2D eigenvalue weighted by Gasteiger charge is 2.28. The van der Waals surface area contributed by atoms with Gasteiger partial charge in [0, 0.05) is 31.4 Å². The average Bonchev–Trinajstić information content (AvgIpc) is 3.10. The van der Waals surface area contributed by atoms with Crippen molar-refractivity contribution in [1.82, 2.24) is 15.3 Å². The minimum Gasteiger partial charge on any atom is -0.354 e. The molecule has 86 valence electrons. The molecular weight excluding hydrogens is 204 g/mol. The third-order valence-corrected chi connectivity index (χ3v) is 2.44. The van der Waals surface area contributed by atoms with Crippen molar-refractivity contribution in [3.63, 3.8) is 0 Å². The molecule has 2 N–H and O–H groups in total. The molecule has 2 rings (SSSR count). The molecular formula is C11H16N4O. The number of rotatable bonds is 5. The summed E-state index contributed by atoms with van der Waals surface area (Å²) < 4.78 is 0. The maximum Gasteiger partial charge on any atom is 0.223 e. The van der Waals surface area contributed by atoms with Crippen molar-refractivity contribution in [2.45, 2.75) is 19.8 Å². The van der Waals surface area contributed by atoms with Crippen LogP contribution in [0.3, 0.4) is 0 Å². The topological polar surface area (TPSA) is 66.9 Å². The van der Waals surface area contributed by atoms with Gasteiger partial charge in [-0.1, -0.05) is 0 Å². The molecule has 1 heterocycles. The number of nitrogens with zero attached hydrogens (tertiary/aromatic N) is 2. The summed E-state index contributed by atoms with van der Waals surface area (Å²) in [5, 5.41) is 5.92. The Hall–Kier alpha value is -1.65. The Morgan fingerprint density at radius 2 is 2.06 bits per heavy atom. The molecule has 1 aromatic rings. The molecule has 0 bridgehead atoms. The van der Waals surface area contributed by atoms with Gasteiger partial charge in [0.25, 0.3) is 0 Å². The maximum atomic E-state index is 11.3. The van der Waals surface area contributed by atoms with Crippen LogP contribution in [-0.4, -0.2) is 29.0 Å². The number of carbonyl (C=O) groups is 1. The minimum absolute atomic E-state index is 0.173. The van der Waals surface area contributed by atoms with E-state index in [4.69, 9.17) is 0 Å². The summed E-state index contributed by atoms with van der Waals surface area (Å²) in [5.74, 6) is 1.05. The molecule has 0 spiro atoms. The SMILES string of the molecule is Cc1cnc(NCCNC(=O)C2CC2)nc1. The smallest absolute Gasteiger partial charge is 0.223 e. The van der Waals surface area contributed by atoms with Gasteiger partial charge < -0.3 is 10.6 Å². The predicted octanol–water partition coefficient (Wildman–Crippen LogP) is 0.723. The van der Waals surface area contributed by atoms with E-state index in [0.717, 1.165) is 18.4 Å². The van der Waals surface area contributed by atoms with Gasteiger partial charge >= 0.3 is 0 Å². The molecule has 1 fully saturated rings. The summed E-state index contributed by atoms with van der Waals surface area (Å²) in [6.45, 7) is 3.22. The van der Waals surface area contributed by atoms with E-state index in [1.807, 2.05) is 6.92 Å². The Labute approximate surface area is 94.7 Å². The second-order valence-electron chi connectivity index (χ2n) is 4.08. The second-order valence-corrected chi connectivity index (χ2v) is 4.08. The minimum atomic E-state index is 0.173. The van der Waals surface area contributed by atoms with Crippen molar-refractivity contribution < 1.29 is 4.79 Å². The lowest BCUT2D eigenvalue weighted by Gasteiger charge is -2.06. The number of aromatic nitrogens is 2. The molecule has 1 aromatic heterocycles. The van der Waals surface area contributed by atoms with Gasteiger partial charge in [-0.25, -0.2) is 9.97 Å². The Balaban J connectivity index is 1.63. The molecule has 1 saturated carbocycles. The number of anilines is 1. The summed E-state index contributed by atoms with van der Waals surface area (Å²) in [4.78, 5) is 19.5. The van der Waals surface area contributed by atoms with E-state index in [9.17, 15) is 4.79 Å². The van der Waals surface area contributed by atoms with Crippen LogP contribution in [0.1, 0.15) is 18.4 Å². The summed E-state index contributed by atoms with van der Waals surface area (Å²) >= 11 is 0. The number of carbonyl (C=O) groups excluding carboxylic acids is 1. The van der Waals surface area contributed by atoms with E-state index in [0.29, 0.717) is 19.0 Å². The maximum absolute atomic E-state index is 11.3. The van der Waals surface area contributed by atoms with Crippen LogP contribution in [0.4, 0.5) is 5.95 Å². The van der Waals surface area contributed by atoms with Gasteiger partial charge in [0.1, 0.15) is 0 Å². The molecule has 0 aromatic carbocycles. The average molecular weight is 220 g/mol. The summed E-state index contributed by atoms with van der Waals surface area (Å²) in [6.07, 6.45) is 5.61. The summed E-state index contributed by atoms with van der Waals surface area (Å²) in [7, 11) is 0. The van der Waals surface area contributed by atoms with Crippen molar-refractivity contribution in [1.29, 1.82) is 0 Å². The molecule has 0 atom stereocenters. The van der Waals surface area contributed by atoms with Gasteiger partial charge in [0.05, 0.1) is 0 Å². The Morgan fingerprint density at radius 1 is 1.38 bits per heavy atom. The highest BCUT2D eigenvalue weighted by Crippen LogP contribution is 2.28. The van der Waals surface area contributed by atoms with E-state index >= 15 is 0 Å². The zero-order chi connectivity index (χ0) is 11.4. The normalized spacial score (nSPS) is 14.6. The Kier molecular flexibility index (Phi) is 3.34. The zero-order valence-corrected chi connectivity index (χ0v) is 9.36. The van der Waals surface area contributed by atoms with Gasteiger partial charge in [0.15, 0.2) is 0 Å². The molecule has 5 heteroatoms. The van der Waals surface area contributed by atoms with Crippen LogP contribution in [0, 0.1) is 12.8 Å². The van der Waals surface area contributed by atoms with Crippen LogP contribution in [0.2, 0.25) is 0 Å². The predicted molar refractivity (Wildman–Crippen MR) is 61.0 cm³/mol. The van der Waals surface area contributed by atoms with Crippen molar-refractivity contribution in [2.24, 2.45) is 5.92 Å². The third kappa shape index (κ3) is 3.18. The second kappa shape index (κ2) is 4.92. The van der Waals surface area contributed by atoms with Crippen molar-refractivity contribution in [3.05, 3.63) is 18.0 Å². The Bertz CT molecular complexity index is 359. The third-order valence-electron chi connectivity index (χ3n) is 2.44. The van der Waals surface area contributed by atoms with Crippen LogP contribution in [0.25, 0.3) is 0 Å². The monoisotopic (exact) mass is 220 g/mol. The largest absolute Gasteiger partial charge is 0.354 e. The number of hydrogen-bond donors (Lipinski definition) is 2. The van der Waals surface area contributed by atoms with Crippen LogP contribution in [0.5, 0.6) is 0 Å². The molecule has 1 aliphatic carbocycles. The standard InChI is InChI=1S/C11H16N4O/c1-8-6-14-11(15-7-8)13-5-4-12-10(16)9-2-3-9/h6-7,9H,2-5H2,1H3,(H,12,16)(H,13,14,15). The van der Waals surface area contributed by atoms with E-state index in [-0.39, 0.29) is 11.8 Å². The fraction of sp³-hybridized carbons (Fsp3) is 0.545. The Morgan fingerprint density at radius 3 is 2.69 bits per heavy atom. The first-order valence-electron chi connectivity index (χ1n) is 5.56. The lowest BCUT2D eigenvalue weighted by molar-refractivity contribution is -0.122. The van der Waals surface area contributed by atoms with Crippen LogP contribution >= 0.6 is 0 Å². The first-order chi connectivity index (χ1) is 7.75. The molecule has 5 nitrogen and oxygen atoms in total. The fourth-order valence-electron chi connectivity index (χ4n) is 1.33. The van der Waals surface area contributed by atoms with Gasteiger partial charge in [-0.05, 0) is 25.3 Å². The molecule has 16 heavy (non-hydrogen) atoms. The van der Waals surface area contributed by atoms with Crippen LogP contribution in [0.15, 0.2) is 12.4 Å². The number of hydrogen-bond acceptors (Lipinski definition) is 4. The molecule has 1 aliphatic rings. The van der Waals surface area contributed by atoms with E-state index in [2.05, 4.69) is 20.6 Å².